The maximum atomic E-state index is 13.4. The Morgan fingerprint density at radius 3 is 2.63 bits per heavy atom. The summed E-state index contributed by atoms with van der Waals surface area (Å²) in [4.78, 5) is 20.7. The molecule has 0 aromatic heterocycles. The second-order valence-corrected chi connectivity index (χ2v) is 4.49. The van der Waals surface area contributed by atoms with Gasteiger partial charge in [-0.1, -0.05) is 19.9 Å². The van der Waals surface area contributed by atoms with E-state index in [-0.39, 0.29) is 18.0 Å². The molecule has 1 rings (SSSR count). The SMILES string of the molecule is CC(C)C(CC(=O)O)Nc1cccc(F)c1[N+](=O)[O-]. The van der Waals surface area contributed by atoms with Crippen molar-refractivity contribution in [2.45, 2.75) is 26.3 Å². The molecule has 1 aromatic carbocycles. The molecule has 0 spiro atoms. The summed E-state index contributed by atoms with van der Waals surface area (Å²) in [5.74, 6) is -2.04. The number of rotatable bonds is 6. The number of halogens is 1. The van der Waals surface area contributed by atoms with E-state index in [9.17, 15) is 19.3 Å². The van der Waals surface area contributed by atoms with Crippen molar-refractivity contribution >= 4 is 17.3 Å². The Bertz CT molecular complexity index is 491. The summed E-state index contributed by atoms with van der Waals surface area (Å²) < 4.78 is 13.4. The van der Waals surface area contributed by atoms with E-state index in [0.29, 0.717) is 0 Å². The highest BCUT2D eigenvalue weighted by Crippen LogP contribution is 2.29. The van der Waals surface area contributed by atoms with E-state index < -0.39 is 28.4 Å². The lowest BCUT2D eigenvalue weighted by Gasteiger charge is -2.21. The number of nitro groups is 1. The number of anilines is 1. The second kappa shape index (κ2) is 6.12. The van der Waals surface area contributed by atoms with Crippen molar-refractivity contribution in [2.24, 2.45) is 5.92 Å². The molecule has 0 bridgehead atoms. The number of aliphatic carboxylic acids is 1. The molecule has 2 N–H and O–H groups in total. The van der Waals surface area contributed by atoms with Crippen molar-refractivity contribution in [3.63, 3.8) is 0 Å². The third kappa shape index (κ3) is 3.90. The first-order valence-electron chi connectivity index (χ1n) is 5.74. The number of carboxylic acids is 1. The Labute approximate surface area is 109 Å². The molecule has 0 radical (unpaired) electrons. The molecule has 104 valence electrons. The highest BCUT2D eigenvalue weighted by molar-refractivity contribution is 5.69. The van der Waals surface area contributed by atoms with Crippen LogP contribution < -0.4 is 5.32 Å². The summed E-state index contributed by atoms with van der Waals surface area (Å²) >= 11 is 0. The quantitative estimate of drug-likeness (QED) is 0.612. The number of nitrogens with zero attached hydrogens (tertiary/aromatic N) is 1. The van der Waals surface area contributed by atoms with Gasteiger partial charge in [-0.15, -0.1) is 0 Å². The number of para-hydroxylation sites is 1. The van der Waals surface area contributed by atoms with Gasteiger partial charge < -0.3 is 10.4 Å². The van der Waals surface area contributed by atoms with E-state index >= 15 is 0 Å². The van der Waals surface area contributed by atoms with E-state index in [0.717, 1.165) is 6.07 Å². The topological polar surface area (TPSA) is 92.5 Å². The fraction of sp³-hybridized carbons (Fsp3) is 0.417. The largest absolute Gasteiger partial charge is 0.481 e. The average molecular weight is 270 g/mol. The lowest BCUT2D eigenvalue weighted by molar-refractivity contribution is -0.386. The monoisotopic (exact) mass is 270 g/mol. The highest BCUT2D eigenvalue weighted by atomic mass is 19.1. The van der Waals surface area contributed by atoms with Crippen LogP contribution in [0.5, 0.6) is 0 Å². The molecular weight excluding hydrogens is 255 g/mol. The van der Waals surface area contributed by atoms with Gasteiger partial charge >= 0.3 is 11.7 Å². The molecule has 1 unspecified atom stereocenters. The Morgan fingerprint density at radius 2 is 2.16 bits per heavy atom. The minimum Gasteiger partial charge on any atom is -0.481 e. The van der Waals surface area contributed by atoms with Crippen molar-refractivity contribution in [2.75, 3.05) is 5.32 Å². The molecule has 0 fully saturated rings. The first-order chi connectivity index (χ1) is 8.82. The van der Waals surface area contributed by atoms with Crippen molar-refractivity contribution in [3.05, 3.63) is 34.1 Å². The Balaban J connectivity index is 3.06. The predicted octanol–water partition coefficient (Wildman–Crippen LogP) is 2.65. The zero-order valence-electron chi connectivity index (χ0n) is 10.6. The Kier molecular flexibility index (Phi) is 4.80. The van der Waals surface area contributed by atoms with Crippen LogP contribution in [0.2, 0.25) is 0 Å². The Morgan fingerprint density at radius 1 is 1.53 bits per heavy atom. The molecule has 7 heteroatoms. The van der Waals surface area contributed by atoms with Crippen LogP contribution in [-0.2, 0) is 4.79 Å². The number of benzene rings is 1. The van der Waals surface area contributed by atoms with Gasteiger partial charge in [0.2, 0.25) is 5.82 Å². The van der Waals surface area contributed by atoms with Gasteiger partial charge in [0.05, 0.1) is 11.3 Å². The molecule has 19 heavy (non-hydrogen) atoms. The molecule has 0 aliphatic rings. The minimum absolute atomic E-state index is 0.00931. The molecule has 0 saturated heterocycles. The van der Waals surface area contributed by atoms with E-state index in [4.69, 9.17) is 5.11 Å². The highest BCUT2D eigenvalue weighted by Gasteiger charge is 2.24. The molecule has 1 aromatic rings. The molecule has 1 atom stereocenters. The van der Waals surface area contributed by atoms with Crippen LogP contribution in [0.4, 0.5) is 15.8 Å². The van der Waals surface area contributed by atoms with Crippen molar-refractivity contribution in [3.8, 4) is 0 Å². The summed E-state index contributed by atoms with van der Waals surface area (Å²) in [5.41, 5.74) is -0.677. The van der Waals surface area contributed by atoms with Crippen LogP contribution in [0, 0.1) is 21.8 Å². The van der Waals surface area contributed by atoms with Crippen molar-refractivity contribution < 1.29 is 19.2 Å². The third-order valence-electron chi connectivity index (χ3n) is 2.71. The number of nitrogens with one attached hydrogen (secondary N) is 1. The third-order valence-corrected chi connectivity index (χ3v) is 2.71. The lowest BCUT2D eigenvalue weighted by atomic mass is 10.0. The first kappa shape index (κ1) is 14.9. The predicted molar refractivity (Wildman–Crippen MR) is 67.6 cm³/mol. The second-order valence-electron chi connectivity index (χ2n) is 4.49. The minimum atomic E-state index is -1.02. The van der Waals surface area contributed by atoms with E-state index in [1.165, 1.54) is 12.1 Å². The van der Waals surface area contributed by atoms with Crippen LogP contribution in [0.3, 0.4) is 0 Å². The van der Waals surface area contributed by atoms with Crippen LogP contribution >= 0.6 is 0 Å². The fourth-order valence-electron chi connectivity index (χ4n) is 1.66. The van der Waals surface area contributed by atoms with Gasteiger partial charge in [0, 0.05) is 6.04 Å². The van der Waals surface area contributed by atoms with Crippen LogP contribution in [0.25, 0.3) is 0 Å². The summed E-state index contributed by atoms with van der Waals surface area (Å²) in [7, 11) is 0. The van der Waals surface area contributed by atoms with Gasteiger partial charge in [0.1, 0.15) is 5.69 Å². The van der Waals surface area contributed by atoms with Gasteiger partial charge in [0.25, 0.3) is 0 Å². The van der Waals surface area contributed by atoms with E-state index in [1.807, 2.05) is 0 Å². The molecule has 0 aliphatic carbocycles. The number of carboxylic acid groups (broad SMARTS) is 1. The molecule has 0 saturated carbocycles. The van der Waals surface area contributed by atoms with E-state index in [1.54, 1.807) is 13.8 Å². The molecule has 0 aliphatic heterocycles. The number of hydrogen-bond acceptors (Lipinski definition) is 4. The van der Waals surface area contributed by atoms with Crippen LogP contribution in [0.1, 0.15) is 20.3 Å². The zero-order chi connectivity index (χ0) is 14.6. The van der Waals surface area contributed by atoms with Gasteiger partial charge in [0.15, 0.2) is 0 Å². The number of nitro benzene ring substituents is 1. The molecule has 0 heterocycles. The lowest BCUT2D eigenvalue weighted by Crippen LogP contribution is -2.29. The standard InChI is InChI=1S/C12H15FN2O4/c1-7(2)10(6-11(16)17)14-9-5-3-4-8(13)12(9)15(18)19/h3-5,7,10,14H,6H2,1-2H3,(H,16,17). The summed E-state index contributed by atoms with van der Waals surface area (Å²) in [6, 6.07) is 3.17. The average Bonchev–Trinajstić information content (AvgIpc) is 2.26. The smallest absolute Gasteiger partial charge is 0.327 e. The number of hydrogen-bond donors (Lipinski definition) is 2. The first-order valence-corrected chi connectivity index (χ1v) is 5.74. The zero-order valence-corrected chi connectivity index (χ0v) is 10.6. The van der Waals surface area contributed by atoms with Crippen molar-refractivity contribution in [1.29, 1.82) is 0 Å². The normalized spacial score (nSPS) is 12.2. The number of carbonyl (C=O) groups is 1. The van der Waals surface area contributed by atoms with E-state index in [2.05, 4.69) is 5.32 Å². The van der Waals surface area contributed by atoms with Crippen LogP contribution in [0.15, 0.2) is 18.2 Å². The molecule has 0 amide bonds. The molecular formula is C12H15FN2O4. The molecule has 6 nitrogen and oxygen atoms in total. The van der Waals surface area contributed by atoms with Gasteiger partial charge in [-0.25, -0.2) is 0 Å². The Hall–Kier alpha value is -2.18. The van der Waals surface area contributed by atoms with Gasteiger partial charge in [-0.3, -0.25) is 14.9 Å². The fourth-order valence-corrected chi connectivity index (χ4v) is 1.66. The van der Waals surface area contributed by atoms with Gasteiger partial charge in [-0.2, -0.15) is 4.39 Å². The summed E-state index contributed by atoms with van der Waals surface area (Å²) in [6.07, 6.45) is -0.203. The van der Waals surface area contributed by atoms with Gasteiger partial charge in [-0.05, 0) is 18.1 Å². The maximum absolute atomic E-state index is 13.4. The maximum Gasteiger partial charge on any atom is 0.327 e. The van der Waals surface area contributed by atoms with Crippen molar-refractivity contribution in [1.82, 2.24) is 0 Å². The van der Waals surface area contributed by atoms with Crippen LogP contribution in [-0.4, -0.2) is 22.0 Å². The summed E-state index contributed by atoms with van der Waals surface area (Å²) in [5, 5.41) is 22.4. The summed E-state index contributed by atoms with van der Waals surface area (Å²) in [6.45, 7) is 3.57.